The topological polar surface area (TPSA) is 102 Å². The van der Waals surface area contributed by atoms with Crippen molar-refractivity contribution in [2.24, 2.45) is 0 Å². The van der Waals surface area contributed by atoms with Gasteiger partial charge in [-0.3, -0.25) is 4.79 Å². The van der Waals surface area contributed by atoms with E-state index in [-0.39, 0.29) is 10.8 Å². The fourth-order valence-electron chi connectivity index (χ4n) is 4.47. The number of nitrogens with one attached hydrogen (secondary N) is 1. The summed E-state index contributed by atoms with van der Waals surface area (Å²) in [6, 6.07) is 12.4. The van der Waals surface area contributed by atoms with Crippen molar-refractivity contribution in [2.75, 3.05) is 62.4 Å². The Bertz CT molecular complexity index is 1440. The number of anilines is 5. The van der Waals surface area contributed by atoms with Gasteiger partial charge in [0.05, 0.1) is 22.3 Å². The van der Waals surface area contributed by atoms with Crippen molar-refractivity contribution in [3.63, 3.8) is 0 Å². The molecular weight excluding hydrogens is 478 g/mol. The van der Waals surface area contributed by atoms with Crippen LogP contribution in [0.1, 0.15) is 15.9 Å². The summed E-state index contributed by atoms with van der Waals surface area (Å²) < 4.78 is 27.9. The molecule has 0 spiro atoms. The van der Waals surface area contributed by atoms with E-state index >= 15 is 0 Å². The van der Waals surface area contributed by atoms with Crippen LogP contribution in [0.5, 0.6) is 0 Å². The van der Waals surface area contributed by atoms with Gasteiger partial charge in [0.2, 0.25) is 16.0 Å². The zero-order valence-electron chi connectivity index (χ0n) is 20.8. The maximum atomic E-state index is 13.2. The van der Waals surface area contributed by atoms with E-state index in [1.807, 2.05) is 44.1 Å². The molecule has 0 unspecified atom stereocenters. The molecule has 2 aliphatic heterocycles. The Hall–Kier alpha value is -3.54. The lowest BCUT2D eigenvalue weighted by atomic mass is 10.1. The lowest BCUT2D eigenvalue weighted by Crippen LogP contribution is -2.47. The van der Waals surface area contributed by atoms with E-state index in [1.54, 1.807) is 42.4 Å². The summed E-state index contributed by atoms with van der Waals surface area (Å²) in [5.74, 6) is 0.726. The fourth-order valence-corrected chi connectivity index (χ4v) is 5.94. The minimum atomic E-state index is -3.61. The molecule has 1 aromatic heterocycles. The van der Waals surface area contributed by atoms with Crippen LogP contribution in [0.2, 0.25) is 0 Å². The summed E-state index contributed by atoms with van der Waals surface area (Å²) in [6.45, 7) is 4.28. The van der Waals surface area contributed by atoms with Crippen molar-refractivity contribution < 1.29 is 13.2 Å². The normalized spacial score (nSPS) is 16.9. The molecule has 3 aromatic rings. The first-order chi connectivity index (χ1) is 17.1. The van der Waals surface area contributed by atoms with E-state index in [9.17, 15) is 13.2 Å². The number of fused-ring (bicyclic) bond motifs is 2. The highest BCUT2D eigenvalue weighted by molar-refractivity contribution is 7.89. The van der Waals surface area contributed by atoms with E-state index in [0.29, 0.717) is 54.9 Å². The van der Waals surface area contributed by atoms with Crippen LogP contribution in [-0.2, 0) is 10.0 Å². The van der Waals surface area contributed by atoms with Gasteiger partial charge in [0.25, 0.3) is 5.91 Å². The maximum absolute atomic E-state index is 13.2. The number of rotatable bonds is 4. The van der Waals surface area contributed by atoms with Gasteiger partial charge in [-0.2, -0.15) is 9.29 Å². The molecular formula is C25H29N7O3S. The van der Waals surface area contributed by atoms with Crippen LogP contribution in [0, 0.1) is 6.92 Å². The summed E-state index contributed by atoms with van der Waals surface area (Å²) in [5, 5.41) is 3.13. The predicted molar refractivity (Wildman–Crippen MR) is 140 cm³/mol. The van der Waals surface area contributed by atoms with Crippen molar-refractivity contribution in [1.82, 2.24) is 19.2 Å². The van der Waals surface area contributed by atoms with E-state index in [0.717, 1.165) is 11.3 Å². The Kier molecular flexibility index (Phi) is 6.15. The summed E-state index contributed by atoms with van der Waals surface area (Å²) in [6.07, 6.45) is 1.60. The largest absolute Gasteiger partial charge is 0.327 e. The number of carbonyl (C=O) groups excluding carboxylic acids is 1. The Balaban J connectivity index is 1.45. The van der Waals surface area contributed by atoms with Gasteiger partial charge in [0, 0.05) is 46.0 Å². The van der Waals surface area contributed by atoms with Crippen molar-refractivity contribution >= 4 is 44.8 Å². The minimum absolute atomic E-state index is 0.134. The molecule has 2 aromatic carbocycles. The zero-order valence-corrected chi connectivity index (χ0v) is 21.6. The number of benzene rings is 2. The Morgan fingerprint density at radius 2 is 1.67 bits per heavy atom. The second kappa shape index (κ2) is 9.16. The highest BCUT2D eigenvalue weighted by Crippen LogP contribution is 2.38. The Morgan fingerprint density at radius 1 is 0.917 bits per heavy atom. The first kappa shape index (κ1) is 24.2. The summed E-state index contributed by atoms with van der Waals surface area (Å²) in [5.41, 5.74) is 3.47. The van der Waals surface area contributed by atoms with Crippen LogP contribution >= 0.6 is 0 Å². The van der Waals surface area contributed by atoms with Gasteiger partial charge < -0.3 is 20.0 Å². The molecule has 36 heavy (non-hydrogen) atoms. The molecule has 0 atom stereocenters. The van der Waals surface area contributed by atoms with Crippen LogP contribution in [0.15, 0.2) is 53.6 Å². The van der Waals surface area contributed by atoms with Crippen molar-refractivity contribution in [2.45, 2.75) is 11.8 Å². The summed E-state index contributed by atoms with van der Waals surface area (Å²) in [4.78, 5) is 28.0. The van der Waals surface area contributed by atoms with Gasteiger partial charge in [0.15, 0.2) is 5.82 Å². The second-order valence-corrected chi connectivity index (χ2v) is 11.1. The molecule has 2 aliphatic rings. The molecule has 10 nitrogen and oxygen atoms in total. The lowest BCUT2D eigenvalue weighted by molar-refractivity contribution is 0.0994. The molecule has 1 amide bonds. The Morgan fingerprint density at radius 3 is 2.42 bits per heavy atom. The van der Waals surface area contributed by atoms with Gasteiger partial charge in [-0.25, -0.2) is 13.4 Å². The molecule has 11 heteroatoms. The van der Waals surface area contributed by atoms with Gasteiger partial charge in [-0.15, -0.1) is 0 Å². The molecule has 0 bridgehead atoms. The Labute approximate surface area is 211 Å². The van der Waals surface area contributed by atoms with Crippen molar-refractivity contribution in [1.29, 1.82) is 0 Å². The molecule has 3 heterocycles. The van der Waals surface area contributed by atoms with E-state index in [4.69, 9.17) is 4.98 Å². The first-order valence-electron chi connectivity index (χ1n) is 11.7. The number of aromatic nitrogens is 2. The number of piperazine rings is 1. The van der Waals surface area contributed by atoms with E-state index in [1.165, 1.54) is 4.31 Å². The number of likely N-dealkylation sites (N-methyl/N-ethyl adjacent to an activating group) is 1. The predicted octanol–water partition coefficient (Wildman–Crippen LogP) is 2.82. The van der Waals surface area contributed by atoms with E-state index in [2.05, 4.69) is 15.2 Å². The van der Waals surface area contributed by atoms with Crippen LogP contribution < -0.4 is 15.1 Å². The quantitative estimate of drug-likeness (QED) is 0.575. The van der Waals surface area contributed by atoms with Crippen LogP contribution in [-0.4, -0.2) is 80.8 Å². The average Bonchev–Trinajstić information content (AvgIpc) is 2.94. The van der Waals surface area contributed by atoms with Crippen molar-refractivity contribution in [3.05, 3.63) is 59.8 Å². The third-order valence-corrected chi connectivity index (χ3v) is 8.56. The molecule has 188 valence electrons. The molecule has 1 N–H and O–H groups in total. The second-order valence-electron chi connectivity index (χ2n) is 9.21. The van der Waals surface area contributed by atoms with Gasteiger partial charge >= 0.3 is 0 Å². The standard InChI is InChI=1S/C25H29N7O3S/c1-17-8-9-21-20(14-17)24(33)31(4)22-16-26-25(28-23(22)30(21)3)27-18-6-5-7-19(15-18)36(34,35)32-12-10-29(2)11-13-32/h5-9,14-16H,10-13H2,1-4H3,(H,26,27,28). The van der Waals surface area contributed by atoms with Gasteiger partial charge in [-0.1, -0.05) is 17.7 Å². The maximum Gasteiger partial charge on any atom is 0.260 e. The number of amides is 1. The molecule has 1 fully saturated rings. The number of hydrogen-bond donors (Lipinski definition) is 1. The summed E-state index contributed by atoms with van der Waals surface area (Å²) >= 11 is 0. The van der Waals surface area contributed by atoms with Crippen LogP contribution in [0.3, 0.4) is 0 Å². The third-order valence-electron chi connectivity index (χ3n) is 6.67. The number of hydrogen-bond acceptors (Lipinski definition) is 8. The number of sulfonamides is 1. The molecule has 0 aliphatic carbocycles. The van der Waals surface area contributed by atoms with Crippen LogP contribution in [0.25, 0.3) is 0 Å². The fraction of sp³-hybridized carbons (Fsp3) is 0.320. The lowest BCUT2D eigenvalue weighted by Gasteiger charge is -2.31. The number of carbonyl (C=O) groups is 1. The number of nitrogens with zero attached hydrogens (tertiary/aromatic N) is 6. The third kappa shape index (κ3) is 4.29. The average molecular weight is 508 g/mol. The molecule has 0 saturated carbocycles. The SMILES string of the molecule is Cc1ccc2c(c1)C(=O)N(C)c1cnc(Nc3cccc(S(=O)(=O)N4CCN(C)CC4)c3)nc1N2C. The highest BCUT2D eigenvalue weighted by Gasteiger charge is 2.30. The van der Waals surface area contributed by atoms with E-state index < -0.39 is 10.0 Å². The van der Waals surface area contributed by atoms with Gasteiger partial charge in [0.1, 0.15) is 5.69 Å². The highest BCUT2D eigenvalue weighted by atomic mass is 32.2. The molecule has 0 radical (unpaired) electrons. The summed E-state index contributed by atoms with van der Waals surface area (Å²) in [7, 11) is 1.95. The molecule has 1 saturated heterocycles. The minimum Gasteiger partial charge on any atom is -0.327 e. The van der Waals surface area contributed by atoms with Crippen LogP contribution in [0.4, 0.5) is 28.8 Å². The monoisotopic (exact) mass is 507 g/mol. The van der Waals surface area contributed by atoms with Gasteiger partial charge in [-0.05, 0) is 44.3 Å². The smallest absolute Gasteiger partial charge is 0.260 e. The zero-order chi connectivity index (χ0) is 25.6. The van der Waals surface area contributed by atoms with Crippen molar-refractivity contribution in [3.8, 4) is 0 Å². The first-order valence-corrected chi connectivity index (χ1v) is 13.1. The molecule has 5 rings (SSSR count). The number of aryl methyl sites for hydroxylation is 1.